The Morgan fingerprint density at radius 1 is 1.29 bits per heavy atom. The minimum atomic E-state index is 0.0753. The Kier molecular flexibility index (Phi) is 3.55. The molecule has 1 heterocycles. The van der Waals surface area contributed by atoms with Gasteiger partial charge in [-0.3, -0.25) is 4.79 Å². The predicted molar refractivity (Wildman–Crippen MR) is 51.9 cm³/mol. The van der Waals surface area contributed by atoms with E-state index in [0.717, 1.165) is 19.5 Å². The van der Waals surface area contributed by atoms with Crippen molar-refractivity contribution in [2.24, 2.45) is 10.9 Å². The summed E-state index contributed by atoms with van der Waals surface area (Å²) in [6.07, 6.45) is 0.843. The highest BCUT2D eigenvalue weighted by Gasteiger charge is 2.17. The molecule has 0 atom stereocenters. The summed E-state index contributed by atoms with van der Waals surface area (Å²) in [5, 5.41) is 11.4. The van der Waals surface area contributed by atoms with E-state index in [4.69, 9.17) is 10.9 Å². The van der Waals surface area contributed by atoms with E-state index in [1.165, 1.54) is 0 Å². The van der Waals surface area contributed by atoms with Gasteiger partial charge in [0.15, 0.2) is 0 Å². The molecule has 1 saturated heterocycles. The fourth-order valence-electron chi connectivity index (χ4n) is 1.52. The molecule has 1 amide bonds. The van der Waals surface area contributed by atoms with Gasteiger partial charge in [-0.25, -0.2) is 0 Å². The van der Waals surface area contributed by atoms with Crippen LogP contribution in [0.5, 0.6) is 0 Å². The molecule has 80 valence electrons. The normalized spacial score (nSPS) is 19.4. The second-order valence-electron chi connectivity index (χ2n) is 3.30. The molecule has 0 aromatic rings. The van der Waals surface area contributed by atoms with Crippen LogP contribution in [0.4, 0.5) is 0 Å². The van der Waals surface area contributed by atoms with Gasteiger partial charge in [0.1, 0.15) is 0 Å². The highest BCUT2D eigenvalue weighted by atomic mass is 16.4. The summed E-state index contributed by atoms with van der Waals surface area (Å²) >= 11 is 0. The number of guanidine groups is 1. The highest BCUT2D eigenvalue weighted by molar-refractivity contribution is 5.77. The number of oxime groups is 1. The van der Waals surface area contributed by atoms with Crippen LogP contribution in [0.3, 0.4) is 0 Å². The molecular formula is C8H16N4O2. The Labute approximate surface area is 83.0 Å². The van der Waals surface area contributed by atoms with Gasteiger partial charge in [-0.1, -0.05) is 5.16 Å². The van der Waals surface area contributed by atoms with Crippen molar-refractivity contribution in [1.29, 1.82) is 0 Å². The Bertz CT molecular complexity index is 241. The first kappa shape index (κ1) is 10.6. The van der Waals surface area contributed by atoms with Gasteiger partial charge in [-0.15, -0.1) is 0 Å². The van der Waals surface area contributed by atoms with Gasteiger partial charge in [-0.05, 0) is 6.42 Å². The van der Waals surface area contributed by atoms with Gasteiger partial charge in [0.25, 0.3) is 0 Å². The molecule has 0 aromatic heterocycles. The minimum absolute atomic E-state index is 0.0753. The molecule has 6 nitrogen and oxygen atoms in total. The maximum absolute atomic E-state index is 11.1. The largest absolute Gasteiger partial charge is 0.408 e. The zero-order valence-corrected chi connectivity index (χ0v) is 8.31. The third kappa shape index (κ3) is 2.51. The lowest BCUT2D eigenvalue weighted by molar-refractivity contribution is -0.128. The maximum Gasteiger partial charge on any atom is 0.233 e. The first-order chi connectivity index (χ1) is 6.65. The van der Waals surface area contributed by atoms with Crippen molar-refractivity contribution in [3.63, 3.8) is 0 Å². The van der Waals surface area contributed by atoms with Crippen LogP contribution in [0.15, 0.2) is 5.16 Å². The molecule has 0 spiro atoms. The number of carbonyl (C=O) groups is 1. The fraction of sp³-hybridized carbons (Fsp3) is 0.750. The maximum atomic E-state index is 11.1. The summed E-state index contributed by atoms with van der Waals surface area (Å²) in [7, 11) is 0. The van der Waals surface area contributed by atoms with E-state index in [0.29, 0.717) is 13.1 Å². The molecular weight excluding hydrogens is 184 g/mol. The lowest BCUT2D eigenvalue weighted by atomic mass is 10.4. The van der Waals surface area contributed by atoms with Gasteiger partial charge in [0, 0.05) is 33.1 Å². The molecule has 0 radical (unpaired) electrons. The van der Waals surface area contributed by atoms with Crippen molar-refractivity contribution in [3.8, 4) is 0 Å². The van der Waals surface area contributed by atoms with Crippen LogP contribution in [-0.4, -0.2) is 53.1 Å². The van der Waals surface area contributed by atoms with Crippen molar-refractivity contribution in [2.45, 2.75) is 13.3 Å². The monoisotopic (exact) mass is 200 g/mol. The van der Waals surface area contributed by atoms with Gasteiger partial charge in [0.2, 0.25) is 11.9 Å². The van der Waals surface area contributed by atoms with Crippen LogP contribution in [0, 0.1) is 0 Å². The molecule has 1 fully saturated rings. The van der Waals surface area contributed by atoms with Crippen LogP contribution in [0.25, 0.3) is 0 Å². The molecule has 3 N–H and O–H groups in total. The average Bonchev–Trinajstić information content (AvgIpc) is 2.41. The van der Waals surface area contributed by atoms with Crippen molar-refractivity contribution in [2.75, 3.05) is 26.2 Å². The lowest BCUT2D eigenvalue weighted by Gasteiger charge is -2.20. The van der Waals surface area contributed by atoms with E-state index in [2.05, 4.69) is 5.16 Å². The van der Waals surface area contributed by atoms with E-state index < -0.39 is 0 Å². The molecule has 0 unspecified atom stereocenters. The quantitative estimate of drug-likeness (QED) is 0.233. The molecule has 1 aliphatic heterocycles. The van der Waals surface area contributed by atoms with Crippen LogP contribution < -0.4 is 5.73 Å². The van der Waals surface area contributed by atoms with Crippen LogP contribution >= 0.6 is 0 Å². The average molecular weight is 200 g/mol. The highest BCUT2D eigenvalue weighted by Crippen LogP contribution is 2.02. The van der Waals surface area contributed by atoms with E-state index in [9.17, 15) is 4.79 Å². The Hall–Kier alpha value is -1.46. The molecule has 1 rings (SSSR count). The van der Waals surface area contributed by atoms with Crippen molar-refractivity contribution < 1.29 is 10.0 Å². The van der Waals surface area contributed by atoms with Crippen LogP contribution in [0.2, 0.25) is 0 Å². The third-order valence-corrected chi connectivity index (χ3v) is 2.37. The Morgan fingerprint density at radius 2 is 1.86 bits per heavy atom. The zero-order valence-electron chi connectivity index (χ0n) is 8.31. The fourth-order valence-corrected chi connectivity index (χ4v) is 1.52. The number of amides is 1. The van der Waals surface area contributed by atoms with E-state index in [1.54, 1.807) is 16.7 Å². The number of rotatable bonds is 0. The first-order valence-corrected chi connectivity index (χ1v) is 4.63. The number of carbonyl (C=O) groups excluding carboxylic acids is 1. The standard InChI is InChI=1S/C8H16N4O2/c1-7(13)11-3-2-4-12(6-5-11)8(9)10-14/h14H,2-6H2,1H3,(H2,9,10). The van der Waals surface area contributed by atoms with E-state index in [1.807, 2.05) is 0 Å². The molecule has 14 heavy (non-hydrogen) atoms. The van der Waals surface area contributed by atoms with Gasteiger partial charge in [0.05, 0.1) is 0 Å². The van der Waals surface area contributed by atoms with E-state index >= 15 is 0 Å². The topological polar surface area (TPSA) is 82.2 Å². The third-order valence-electron chi connectivity index (χ3n) is 2.37. The summed E-state index contributed by atoms with van der Waals surface area (Å²) in [6, 6.07) is 0. The molecule has 6 heteroatoms. The zero-order chi connectivity index (χ0) is 10.6. The smallest absolute Gasteiger partial charge is 0.233 e. The second kappa shape index (κ2) is 4.69. The molecule has 1 aliphatic rings. The van der Waals surface area contributed by atoms with Gasteiger partial charge in [-0.2, -0.15) is 0 Å². The number of nitrogens with zero attached hydrogens (tertiary/aromatic N) is 3. The Morgan fingerprint density at radius 3 is 2.43 bits per heavy atom. The summed E-state index contributed by atoms with van der Waals surface area (Å²) in [5.41, 5.74) is 5.46. The van der Waals surface area contributed by atoms with Crippen molar-refractivity contribution >= 4 is 11.9 Å². The van der Waals surface area contributed by atoms with Gasteiger partial charge >= 0.3 is 0 Å². The number of hydrogen-bond acceptors (Lipinski definition) is 3. The number of hydrogen-bond donors (Lipinski definition) is 2. The molecule has 0 saturated carbocycles. The summed E-state index contributed by atoms with van der Waals surface area (Å²) < 4.78 is 0. The second-order valence-corrected chi connectivity index (χ2v) is 3.30. The van der Waals surface area contributed by atoms with E-state index in [-0.39, 0.29) is 11.9 Å². The molecule has 0 bridgehead atoms. The SMILES string of the molecule is CC(=O)N1CCCN(C(N)=NO)CC1. The van der Waals surface area contributed by atoms with Gasteiger partial charge < -0.3 is 20.7 Å². The summed E-state index contributed by atoms with van der Waals surface area (Å²) in [6.45, 7) is 4.27. The van der Waals surface area contributed by atoms with Crippen LogP contribution in [0.1, 0.15) is 13.3 Å². The van der Waals surface area contributed by atoms with Crippen molar-refractivity contribution in [1.82, 2.24) is 9.80 Å². The Balaban J connectivity index is 2.53. The van der Waals surface area contributed by atoms with Crippen molar-refractivity contribution in [3.05, 3.63) is 0 Å². The number of nitrogens with two attached hydrogens (primary N) is 1. The van der Waals surface area contributed by atoms with Crippen LogP contribution in [-0.2, 0) is 4.79 Å². The first-order valence-electron chi connectivity index (χ1n) is 4.63. The summed E-state index contributed by atoms with van der Waals surface area (Å²) in [5.74, 6) is 0.196. The summed E-state index contributed by atoms with van der Waals surface area (Å²) in [4.78, 5) is 14.6. The lowest BCUT2D eigenvalue weighted by Crippen LogP contribution is -2.40. The molecule has 0 aliphatic carbocycles. The molecule has 0 aromatic carbocycles. The minimum Gasteiger partial charge on any atom is -0.408 e. The predicted octanol–water partition coefficient (Wildman–Crippen LogP) is -0.755.